The lowest BCUT2D eigenvalue weighted by atomic mass is 10.1. The van der Waals surface area contributed by atoms with E-state index in [1.165, 1.54) is 6.07 Å². The van der Waals surface area contributed by atoms with Gasteiger partial charge in [-0.05, 0) is 23.8 Å². The van der Waals surface area contributed by atoms with Crippen LogP contribution in [0.3, 0.4) is 0 Å². The van der Waals surface area contributed by atoms with Crippen molar-refractivity contribution in [2.24, 2.45) is 0 Å². The Hall–Kier alpha value is -2.19. The van der Waals surface area contributed by atoms with Crippen molar-refractivity contribution in [1.82, 2.24) is 14.8 Å². The highest BCUT2D eigenvalue weighted by atomic mass is 19.4. The van der Waals surface area contributed by atoms with Crippen LogP contribution in [0.1, 0.15) is 11.1 Å². The van der Waals surface area contributed by atoms with Crippen LogP contribution in [0, 0.1) is 0 Å². The number of aliphatic hydroxyl groups excluding tert-OH is 1. The third-order valence-corrected chi connectivity index (χ3v) is 4.33. The molecule has 134 valence electrons. The Labute approximate surface area is 142 Å². The lowest BCUT2D eigenvalue weighted by Crippen LogP contribution is -2.49. The highest BCUT2D eigenvalue weighted by Crippen LogP contribution is 2.31. The molecule has 0 aliphatic carbocycles. The van der Waals surface area contributed by atoms with Crippen molar-refractivity contribution in [2.45, 2.75) is 12.7 Å². The molecule has 25 heavy (non-hydrogen) atoms. The molecule has 3 rings (SSSR count). The van der Waals surface area contributed by atoms with E-state index in [9.17, 15) is 18.0 Å². The van der Waals surface area contributed by atoms with Crippen LogP contribution in [0.25, 0.3) is 10.9 Å². The maximum Gasteiger partial charge on any atom is 0.416 e. The van der Waals surface area contributed by atoms with Crippen LogP contribution in [-0.4, -0.2) is 58.6 Å². The first kappa shape index (κ1) is 17.6. The Morgan fingerprint density at radius 1 is 1.16 bits per heavy atom. The molecule has 0 saturated carbocycles. The number of carbonyl (C=O) groups excluding carboxylic acids is 1. The zero-order chi connectivity index (χ0) is 18.0. The smallest absolute Gasteiger partial charge is 0.387 e. The van der Waals surface area contributed by atoms with Crippen LogP contribution in [0.4, 0.5) is 13.2 Å². The number of rotatable bonds is 3. The van der Waals surface area contributed by atoms with Gasteiger partial charge in [-0.3, -0.25) is 14.7 Å². The molecular weight excluding hydrogens is 335 g/mol. The lowest BCUT2D eigenvalue weighted by molar-refractivity contribution is -0.137. The summed E-state index contributed by atoms with van der Waals surface area (Å²) in [5.74, 6) is -0.271. The first-order valence-electron chi connectivity index (χ1n) is 7.94. The number of hydrogen-bond donors (Lipinski definition) is 1. The SMILES string of the molecule is O=C(CO)N1CCN(Cc2cnc3cc(C(F)(F)F)ccc3c2)CC1. The number of halogens is 3. The molecule has 1 aliphatic rings. The molecule has 1 aliphatic heterocycles. The van der Waals surface area contributed by atoms with Crippen molar-refractivity contribution in [3.05, 3.63) is 41.6 Å². The summed E-state index contributed by atoms with van der Waals surface area (Å²) in [6.07, 6.45) is -2.78. The van der Waals surface area contributed by atoms with Gasteiger partial charge in [0.05, 0.1) is 11.1 Å². The fourth-order valence-corrected chi connectivity index (χ4v) is 2.94. The van der Waals surface area contributed by atoms with Gasteiger partial charge in [0.15, 0.2) is 0 Å². The van der Waals surface area contributed by atoms with Gasteiger partial charge in [0.1, 0.15) is 6.61 Å². The standard InChI is InChI=1S/C17H18F3N3O2/c18-17(19,20)14-2-1-13-7-12(9-21-15(13)8-14)10-22-3-5-23(6-4-22)16(25)11-24/h1-2,7-9,24H,3-6,10-11H2. The van der Waals surface area contributed by atoms with Gasteiger partial charge in [-0.1, -0.05) is 6.07 Å². The Morgan fingerprint density at radius 3 is 2.52 bits per heavy atom. The molecule has 1 aromatic heterocycles. The quantitative estimate of drug-likeness (QED) is 0.916. The molecular formula is C17H18F3N3O2. The molecule has 1 saturated heterocycles. The molecule has 0 atom stereocenters. The second-order valence-electron chi connectivity index (χ2n) is 6.06. The summed E-state index contributed by atoms with van der Waals surface area (Å²) >= 11 is 0. The molecule has 2 heterocycles. The predicted octanol–water partition coefficient (Wildman–Crippen LogP) is 1.89. The number of nitrogens with zero attached hydrogens (tertiary/aromatic N) is 3. The summed E-state index contributed by atoms with van der Waals surface area (Å²) < 4.78 is 38.2. The largest absolute Gasteiger partial charge is 0.416 e. The number of aliphatic hydroxyl groups is 1. The van der Waals surface area contributed by atoms with Crippen molar-refractivity contribution in [3.8, 4) is 0 Å². The average molecular weight is 353 g/mol. The van der Waals surface area contributed by atoms with E-state index in [1.54, 1.807) is 11.1 Å². The number of hydrogen-bond acceptors (Lipinski definition) is 4. The fraction of sp³-hybridized carbons (Fsp3) is 0.412. The van der Waals surface area contributed by atoms with E-state index >= 15 is 0 Å². The summed E-state index contributed by atoms with van der Waals surface area (Å²) in [5, 5.41) is 9.54. The molecule has 1 N–H and O–H groups in total. The lowest BCUT2D eigenvalue weighted by Gasteiger charge is -2.34. The topological polar surface area (TPSA) is 56.7 Å². The minimum atomic E-state index is -4.37. The number of fused-ring (bicyclic) bond motifs is 1. The zero-order valence-electron chi connectivity index (χ0n) is 13.5. The highest BCUT2D eigenvalue weighted by molar-refractivity contribution is 5.80. The maximum absolute atomic E-state index is 12.7. The van der Waals surface area contributed by atoms with E-state index in [0.29, 0.717) is 43.6 Å². The van der Waals surface area contributed by atoms with Crippen molar-refractivity contribution < 1.29 is 23.1 Å². The van der Waals surface area contributed by atoms with Crippen LogP contribution < -0.4 is 0 Å². The van der Waals surface area contributed by atoms with E-state index in [1.807, 2.05) is 6.07 Å². The predicted molar refractivity (Wildman–Crippen MR) is 85.7 cm³/mol. The Kier molecular flexibility index (Phi) is 4.91. The van der Waals surface area contributed by atoms with Crippen LogP contribution in [0.5, 0.6) is 0 Å². The van der Waals surface area contributed by atoms with Crippen LogP contribution in [0.15, 0.2) is 30.5 Å². The van der Waals surface area contributed by atoms with E-state index in [-0.39, 0.29) is 5.91 Å². The van der Waals surface area contributed by atoms with Gasteiger partial charge in [0.2, 0.25) is 5.91 Å². The van der Waals surface area contributed by atoms with Crippen molar-refractivity contribution >= 4 is 16.8 Å². The van der Waals surface area contributed by atoms with E-state index < -0.39 is 18.3 Å². The second-order valence-corrected chi connectivity index (χ2v) is 6.06. The summed E-state index contributed by atoms with van der Waals surface area (Å²) in [4.78, 5) is 19.4. The van der Waals surface area contributed by atoms with E-state index in [0.717, 1.165) is 17.7 Å². The first-order chi connectivity index (χ1) is 11.9. The normalized spacial score (nSPS) is 16.4. The van der Waals surface area contributed by atoms with Crippen molar-refractivity contribution in [3.63, 3.8) is 0 Å². The molecule has 1 aromatic carbocycles. The summed E-state index contributed by atoms with van der Waals surface area (Å²) in [5.41, 5.74) is 0.524. The second kappa shape index (κ2) is 6.97. The Bertz CT molecular complexity index is 771. The minimum Gasteiger partial charge on any atom is -0.387 e. The molecule has 1 amide bonds. The summed E-state index contributed by atoms with van der Waals surface area (Å²) in [6.45, 7) is 2.60. The molecule has 2 aromatic rings. The van der Waals surface area contributed by atoms with E-state index in [2.05, 4.69) is 9.88 Å². The highest BCUT2D eigenvalue weighted by Gasteiger charge is 2.30. The minimum absolute atomic E-state index is 0.271. The number of carbonyl (C=O) groups is 1. The third kappa shape index (κ3) is 4.08. The molecule has 1 fully saturated rings. The van der Waals surface area contributed by atoms with Crippen molar-refractivity contribution in [2.75, 3.05) is 32.8 Å². The summed E-state index contributed by atoms with van der Waals surface area (Å²) in [7, 11) is 0. The van der Waals surface area contributed by atoms with Gasteiger partial charge in [0, 0.05) is 44.3 Å². The zero-order valence-corrected chi connectivity index (χ0v) is 13.5. The van der Waals surface area contributed by atoms with E-state index in [4.69, 9.17) is 5.11 Å². The molecule has 5 nitrogen and oxygen atoms in total. The number of pyridine rings is 1. The van der Waals surface area contributed by atoms with Gasteiger partial charge in [0.25, 0.3) is 0 Å². The Balaban J connectivity index is 1.68. The van der Waals surface area contributed by atoms with Gasteiger partial charge in [-0.25, -0.2) is 0 Å². The van der Waals surface area contributed by atoms with Gasteiger partial charge < -0.3 is 10.0 Å². The van der Waals surface area contributed by atoms with Gasteiger partial charge in [-0.2, -0.15) is 13.2 Å². The molecule has 0 radical (unpaired) electrons. The van der Waals surface area contributed by atoms with Crippen LogP contribution >= 0.6 is 0 Å². The summed E-state index contributed by atoms with van der Waals surface area (Å²) in [6, 6.07) is 5.39. The number of amides is 1. The van der Waals surface area contributed by atoms with Gasteiger partial charge in [-0.15, -0.1) is 0 Å². The number of aromatic nitrogens is 1. The maximum atomic E-state index is 12.7. The molecule has 0 unspecified atom stereocenters. The number of piperazine rings is 1. The monoisotopic (exact) mass is 353 g/mol. The van der Waals surface area contributed by atoms with Gasteiger partial charge >= 0.3 is 6.18 Å². The Morgan fingerprint density at radius 2 is 1.88 bits per heavy atom. The molecule has 0 bridgehead atoms. The fourth-order valence-electron chi connectivity index (χ4n) is 2.94. The van der Waals surface area contributed by atoms with Crippen LogP contribution in [0.2, 0.25) is 0 Å². The molecule has 8 heteroatoms. The molecule has 0 spiro atoms. The average Bonchev–Trinajstić information content (AvgIpc) is 2.60. The first-order valence-corrected chi connectivity index (χ1v) is 7.94. The number of alkyl halides is 3. The number of benzene rings is 1. The van der Waals surface area contributed by atoms with Crippen LogP contribution in [-0.2, 0) is 17.5 Å². The third-order valence-electron chi connectivity index (χ3n) is 4.33. The van der Waals surface area contributed by atoms with Crippen molar-refractivity contribution in [1.29, 1.82) is 0 Å².